The Morgan fingerprint density at radius 3 is 2.00 bits per heavy atom. The van der Waals surface area contributed by atoms with Crippen molar-refractivity contribution in [3.63, 3.8) is 0 Å². The minimum absolute atomic E-state index is 0.00561. The first kappa shape index (κ1) is 57.9. The molecule has 4 amide bonds. The summed E-state index contributed by atoms with van der Waals surface area (Å²) in [4.78, 5) is 70.9. The molecule has 2 aromatic heterocycles. The molecule has 5 aromatic rings. The Hall–Kier alpha value is -6.39. The van der Waals surface area contributed by atoms with E-state index in [9.17, 15) is 24.3 Å². The number of carbonyl (C=O) groups excluding carboxylic acids is 4. The molecule has 20 heteroatoms. The van der Waals surface area contributed by atoms with Crippen molar-refractivity contribution in [1.29, 1.82) is 0 Å². The third kappa shape index (κ3) is 19.4. The maximum atomic E-state index is 13.9. The molecule has 1 aliphatic rings. The second kappa shape index (κ2) is 29.6. The Labute approximate surface area is 444 Å². The number of rotatable bonds is 30. The van der Waals surface area contributed by atoms with Gasteiger partial charge in [0.25, 0.3) is 0 Å². The number of anilines is 4. The van der Waals surface area contributed by atoms with Crippen molar-refractivity contribution in [2.24, 2.45) is 5.41 Å². The van der Waals surface area contributed by atoms with Crippen LogP contribution in [0.15, 0.2) is 90.4 Å². The number of thiazole rings is 1. The van der Waals surface area contributed by atoms with Crippen molar-refractivity contribution in [2.75, 3.05) is 102 Å². The van der Waals surface area contributed by atoms with Crippen LogP contribution in [-0.4, -0.2) is 153 Å². The van der Waals surface area contributed by atoms with Gasteiger partial charge in [-0.3, -0.25) is 19.2 Å². The number of hydrogen-bond donors (Lipinski definition) is 5. The van der Waals surface area contributed by atoms with Crippen molar-refractivity contribution < 1.29 is 48.0 Å². The molecule has 1 fully saturated rings. The summed E-state index contributed by atoms with van der Waals surface area (Å²) >= 11 is 1.57. The Morgan fingerprint density at radius 1 is 0.773 bits per heavy atom. The molecule has 0 bridgehead atoms. The zero-order chi connectivity index (χ0) is 53.6. The Morgan fingerprint density at radius 2 is 1.39 bits per heavy atom. The molecule has 0 aliphatic carbocycles. The second-order valence-corrected chi connectivity index (χ2v) is 20.1. The number of aliphatic hydroxyl groups excluding tert-OH is 1. The molecule has 0 radical (unpaired) electrons. The van der Waals surface area contributed by atoms with Crippen LogP contribution in [0.25, 0.3) is 10.4 Å². The molecule has 404 valence electrons. The number of benzene rings is 3. The molecular formula is C55H73N9O10S. The smallest absolute Gasteiger partial charge is 0.246 e. The van der Waals surface area contributed by atoms with Gasteiger partial charge < -0.3 is 59.9 Å². The predicted octanol–water partition coefficient (Wildman–Crippen LogP) is 5.86. The average molecular weight is 1050 g/mol. The van der Waals surface area contributed by atoms with Crippen LogP contribution in [0, 0.1) is 19.3 Å². The monoisotopic (exact) mass is 1050 g/mol. The summed E-state index contributed by atoms with van der Waals surface area (Å²) < 4.78 is 28.2. The van der Waals surface area contributed by atoms with E-state index in [1.165, 1.54) is 4.90 Å². The van der Waals surface area contributed by atoms with Crippen molar-refractivity contribution in [1.82, 2.24) is 30.5 Å². The molecule has 1 aliphatic heterocycles. The highest BCUT2D eigenvalue weighted by Crippen LogP contribution is 2.29. The van der Waals surface area contributed by atoms with Crippen LogP contribution in [-0.2, 0) is 55.8 Å². The van der Waals surface area contributed by atoms with Gasteiger partial charge in [-0.1, -0.05) is 75.4 Å². The minimum Gasteiger partial charge on any atom is -0.391 e. The minimum atomic E-state index is -0.929. The first-order valence-corrected chi connectivity index (χ1v) is 26.2. The van der Waals surface area contributed by atoms with Gasteiger partial charge in [-0.2, -0.15) is 4.98 Å². The van der Waals surface area contributed by atoms with E-state index < -0.39 is 29.5 Å². The number of aryl methyl sites for hydroxylation is 2. The first-order chi connectivity index (χ1) is 36.1. The van der Waals surface area contributed by atoms with Gasteiger partial charge >= 0.3 is 0 Å². The molecular weight excluding hydrogens is 979 g/mol. The molecule has 3 aromatic carbocycles. The van der Waals surface area contributed by atoms with E-state index in [0.29, 0.717) is 77.5 Å². The van der Waals surface area contributed by atoms with E-state index >= 15 is 0 Å². The summed E-state index contributed by atoms with van der Waals surface area (Å²) in [5, 5.41) is 22.5. The van der Waals surface area contributed by atoms with Crippen LogP contribution in [0.3, 0.4) is 0 Å². The topological polar surface area (TPSA) is 228 Å². The summed E-state index contributed by atoms with van der Waals surface area (Å²) in [5.41, 5.74) is 7.31. The van der Waals surface area contributed by atoms with E-state index in [-0.39, 0.29) is 56.9 Å². The van der Waals surface area contributed by atoms with Crippen LogP contribution in [0.4, 0.5) is 23.1 Å². The maximum Gasteiger partial charge on any atom is 0.246 e. The number of nitrogens with one attached hydrogen (secondary N) is 4. The SMILES string of the molecule is Cc1cc(N(C)CCOCCOCCOCCOCCOCCC(=O)N[C@H](C(=O)N2C[C@@H](O)C[C@H]2C(=O)NCc2ccc(-c3scnc3C)cc2)C(C)(C)C)nc(Nc2ccc(NC(=O)Cc3ccccc3)cc2)n1. The highest BCUT2D eigenvalue weighted by atomic mass is 32.1. The van der Waals surface area contributed by atoms with Gasteiger partial charge in [0.05, 0.1) is 94.7 Å². The van der Waals surface area contributed by atoms with Gasteiger partial charge in [0.1, 0.15) is 17.9 Å². The maximum absolute atomic E-state index is 13.9. The van der Waals surface area contributed by atoms with E-state index in [2.05, 4.69) is 36.2 Å². The lowest BCUT2D eigenvalue weighted by Crippen LogP contribution is -2.57. The van der Waals surface area contributed by atoms with E-state index in [0.717, 1.165) is 44.5 Å². The van der Waals surface area contributed by atoms with Gasteiger partial charge in [0.2, 0.25) is 29.6 Å². The summed E-state index contributed by atoms with van der Waals surface area (Å²) in [7, 11) is 1.95. The van der Waals surface area contributed by atoms with Gasteiger partial charge in [0, 0.05) is 62.7 Å². The van der Waals surface area contributed by atoms with Gasteiger partial charge in [-0.25, -0.2) is 9.97 Å². The molecule has 0 saturated carbocycles. The zero-order valence-electron chi connectivity index (χ0n) is 44.0. The molecule has 3 atom stereocenters. The quantitative estimate of drug-likeness (QED) is 0.0340. The number of nitrogens with zero attached hydrogens (tertiary/aromatic N) is 5. The van der Waals surface area contributed by atoms with Crippen LogP contribution < -0.4 is 26.2 Å². The molecule has 3 heterocycles. The van der Waals surface area contributed by atoms with Crippen molar-refractivity contribution >= 4 is 58.1 Å². The van der Waals surface area contributed by atoms with Gasteiger partial charge in [-0.05, 0) is 60.2 Å². The third-order valence-corrected chi connectivity index (χ3v) is 13.1. The lowest BCUT2D eigenvalue weighted by Gasteiger charge is -2.35. The van der Waals surface area contributed by atoms with Gasteiger partial charge in [0.15, 0.2) is 0 Å². The van der Waals surface area contributed by atoms with E-state index in [1.54, 1.807) is 11.3 Å². The number of aromatic nitrogens is 3. The Bertz CT molecular complexity index is 2560. The molecule has 0 spiro atoms. The predicted molar refractivity (Wildman–Crippen MR) is 289 cm³/mol. The molecule has 1 saturated heterocycles. The molecule has 5 N–H and O–H groups in total. The number of β-amino-alcohol motifs (C(OH)–C–C–N with tert-alkyl or cyclic N) is 1. The summed E-state index contributed by atoms with van der Waals surface area (Å²) in [6, 6.07) is 25.0. The van der Waals surface area contributed by atoms with Crippen LogP contribution in [0.1, 0.15) is 56.1 Å². The number of hydrogen-bond acceptors (Lipinski definition) is 16. The zero-order valence-corrected chi connectivity index (χ0v) is 44.8. The third-order valence-electron chi connectivity index (χ3n) is 12.1. The Balaban J connectivity index is 0.760. The number of likely N-dealkylation sites (tertiary alicyclic amines) is 1. The lowest BCUT2D eigenvalue weighted by molar-refractivity contribution is -0.144. The standard InChI is InChI=1S/C55H73N9O10S/c1-38-32-47(61-54(58-38)60-44-18-16-43(17-19-44)59-49(67)33-40-10-8-7-9-11-40)63(6)21-23-71-25-27-73-29-31-74-30-28-72-26-24-70-22-20-48(66)62-51(55(3,4)5)53(69)64-36-45(65)34-46(64)52(68)56-35-41-12-14-42(15-13-41)50-39(2)57-37-75-50/h7-19,32,37,45-46,51,65H,20-31,33-36H2,1-6H3,(H,56,68)(H,59,67)(H,62,66)(H,58,60,61)/t45-,46-,51+/m0/s1. The number of ether oxygens (including phenoxy) is 5. The number of amides is 4. The van der Waals surface area contributed by atoms with Crippen LogP contribution >= 0.6 is 11.3 Å². The van der Waals surface area contributed by atoms with Crippen molar-refractivity contribution in [2.45, 2.75) is 78.6 Å². The van der Waals surface area contributed by atoms with Gasteiger partial charge in [-0.15, -0.1) is 11.3 Å². The number of likely N-dealkylation sites (N-methyl/N-ethyl adjacent to an activating group) is 1. The van der Waals surface area contributed by atoms with Crippen molar-refractivity contribution in [3.8, 4) is 10.4 Å². The number of carbonyl (C=O) groups is 4. The van der Waals surface area contributed by atoms with Crippen LogP contribution in [0.5, 0.6) is 0 Å². The first-order valence-electron chi connectivity index (χ1n) is 25.3. The van der Waals surface area contributed by atoms with Crippen LogP contribution in [0.2, 0.25) is 0 Å². The van der Waals surface area contributed by atoms with E-state index in [1.807, 2.05) is 137 Å². The fourth-order valence-corrected chi connectivity index (χ4v) is 8.84. The van der Waals surface area contributed by atoms with E-state index in [4.69, 9.17) is 23.7 Å². The Kier molecular flexibility index (Phi) is 22.9. The fourth-order valence-electron chi connectivity index (χ4n) is 8.03. The normalized spacial score (nSPS) is 14.8. The highest BCUT2D eigenvalue weighted by Gasteiger charge is 2.44. The number of aliphatic hydroxyl groups is 1. The summed E-state index contributed by atoms with van der Waals surface area (Å²) in [6.45, 7) is 13.9. The molecule has 75 heavy (non-hydrogen) atoms. The molecule has 19 nitrogen and oxygen atoms in total. The second-order valence-electron chi connectivity index (χ2n) is 19.3. The largest absolute Gasteiger partial charge is 0.391 e. The fraction of sp³-hybridized carbons (Fsp3) is 0.473. The molecule has 6 rings (SSSR count). The molecule has 0 unspecified atom stereocenters. The average Bonchev–Trinajstić information content (AvgIpc) is 4.01. The summed E-state index contributed by atoms with van der Waals surface area (Å²) in [6.07, 6.45) is -0.426. The highest BCUT2D eigenvalue weighted by molar-refractivity contribution is 7.13. The lowest BCUT2D eigenvalue weighted by atomic mass is 9.85. The summed E-state index contributed by atoms with van der Waals surface area (Å²) in [5.74, 6) is -0.0147. The van der Waals surface area contributed by atoms with Crippen molar-refractivity contribution in [3.05, 3.63) is 113 Å².